The minimum atomic E-state index is -4.18. The second-order valence-electron chi connectivity index (χ2n) is 5.63. The van der Waals surface area contributed by atoms with Crippen LogP contribution in [-0.4, -0.2) is 54.9 Å². The molecule has 24 heavy (non-hydrogen) atoms. The molecule has 0 aliphatic carbocycles. The summed E-state index contributed by atoms with van der Waals surface area (Å²) in [7, 11) is 0. The number of anilines is 1. The quantitative estimate of drug-likeness (QED) is 0.831. The van der Waals surface area contributed by atoms with Crippen molar-refractivity contribution in [3.8, 4) is 5.88 Å². The summed E-state index contributed by atoms with van der Waals surface area (Å²) in [4.78, 5) is 17.3. The predicted octanol–water partition coefficient (Wildman–Crippen LogP) is 2.49. The molecule has 0 spiro atoms. The molecule has 1 saturated heterocycles. The van der Waals surface area contributed by atoms with Crippen molar-refractivity contribution in [3.05, 3.63) is 18.3 Å². The molecule has 1 atom stereocenters. The Balaban J connectivity index is 1.76. The van der Waals surface area contributed by atoms with E-state index in [1.54, 1.807) is 18.3 Å². The van der Waals surface area contributed by atoms with Crippen LogP contribution in [0.2, 0.25) is 0 Å². The molecular weight excluding hydrogens is 325 g/mol. The zero-order valence-corrected chi connectivity index (χ0v) is 13.4. The maximum Gasteiger partial charge on any atom is 0.401 e. The Bertz CT molecular complexity index is 554. The van der Waals surface area contributed by atoms with Gasteiger partial charge in [-0.1, -0.05) is 0 Å². The Kier molecular flexibility index (Phi) is 6.24. The number of alkyl halides is 3. The van der Waals surface area contributed by atoms with Crippen molar-refractivity contribution in [3.63, 3.8) is 0 Å². The lowest BCUT2D eigenvalue weighted by molar-refractivity contribution is -0.143. The number of rotatable bonds is 6. The normalized spacial score (nSPS) is 18.4. The van der Waals surface area contributed by atoms with Gasteiger partial charge in [-0.05, 0) is 37.9 Å². The van der Waals surface area contributed by atoms with Crippen LogP contribution in [0, 0.1) is 5.92 Å². The molecule has 1 aromatic heterocycles. The number of hydrogen-bond donors (Lipinski definition) is 2. The van der Waals surface area contributed by atoms with E-state index in [-0.39, 0.29) is 5.92 Å². The SMILES string of the molecule is CCOc1ncccc1NC(=O)NC[C@@H]1CCN(CC(F)(F)F)C1. The van der Waals surface area contributed by atoms with Crippen LogP contribution in [0.3, 0.4) is 0 Å². The fourth-order valence-electron chi connectivity index (χ4n) is 2.62. The summed E-state index contributed by atoms with van der Waals surface area (Å²) in [6.07, 6.45) is -2.00. The number of nitrogens with one attached hydrogen (secondary N) is 2. The second kappa shape index (κ2) is 8.18. The van der Waals surface area contributed by atoms with Crippen molar-refractivity contribution in [1.82, 2.24) is 15.2 Å². The molecule has 2 heterocycles. The fourth-order valence-corrected chi connectivity index (χ4v) is 2.62. The van der Waals surface area contributed by atoms with Gasteiger partial charge in [0.2, 0.25) is 5.88 Å². The molecule has 2 N–H and O–H groups in total. The van der Waals surface area contributed by atoms with Gasteiger partial charge in [-0.3, -0.25) is 4.90 Å². The van der Waals surface area contributed by atoms with Gasteiger partial charge in [0.25, 0.3) is 0 Å². The highest BCUT2D eigenvalue weighted by atomic mass is 19.4. The Morgan fingerprint density at radius 1 is 1.50 bits per heavy atom. The number of urea groups is 1. The summed E-state index contributed by atoms with van der Waals surface area (Å²) in [5.74, 6) is 0.339. The van der Waals surface area contributed by atoms with Gasteiger partial charge in [0.1, 0.15) is 5.69 Å². The summed E-state index contributed by atoms with van der Waals surface area (Å²) in [5.41, 5.74) is 0.446. The Morgan fingerprint density at radius 2 is 2.29 bits per heavy atom. The van der Waals surface area contributed by atoms with Crippen LogP contribution >= 0.6 is 0 Å². The number of likely N-dealkylation sites (tertiary alicyclic amines) is 1. The van der Waals surface area contributed by atoms with Gasteiger partial charge in [0.05, 0.1) is 13.2 Å². The monoisotopic (exact) mass is 346 g/mol. The van der Waals surface area contributed by atoms with Crippen LogP contribution < -0.4 is 15.4 Å². The largest absolute Gasteiger partial charge is 0.476 e. The van der Waals surface area contributed by atoms with Crippen LogP contribution in [0.4, 0.5) is 23.7 Å². The first-order valence-corrected chi connectivity index (χ1v) is 7.79. The first-order valence-electron chi connectivity index (χ1n) is 7.79. The lowest BCUT2D eigenvalue weighted by atomic mass is 10.1. The maximum absolute atomic E-state index is 12.4. The highest BCUT2D eigenvalue weighted by Gasteiger charge is 2.34. The van der Waals surface area contributed by atoms with E-state index in [4.69, 9.17) is 4.74 Å². The number of carbonyl (C=O) groups excluding carboxylic acids is 1. The molecule has 0 bridgehead atoms. The van der Waals surface area contributed by atoms with E-state index in [1.165, 1.54) is 4.90 Å². The Morgan fingerprint density at radius 3 is 3.00 bits per heavy atom. The second-order valence-corrected chi connectivity index (χ2v) is 5.63. The van der Waals surface area contributed by atoms with Gasteiger partial charge in [0, 0.05) is 19.3 Å². The number of carbonyl (C=O) groups is 1. The number of aromatic nitrogens is 1. The third kappa shape index (κ3) is 5.88. The number of pyridine rings is 1. The first kappa shape index (κ1) is 18.3. The summed E-state index contributed by atoms with van der Waals surface area (Å²) >= 11 is 0. The lowest BCUT2D eigenvalue weighted by Gasteiger charge is -2.18. The number of nitrogens with zero attached hydrogens (tertiary/aromatic N) is 2. The smallest absolute Gasteiger partial charge is 0.401 e. The van der Waals surface area contributed by atoms with E-state index in [2.05, 4.69) is 15.6 Å². The molecule has 6 nitrogen and oxygen atoms in total. The summed E-state index contributed by atoms with van der Waals surface area (Å²) in [5, 5.41) is 5.32. The molecule has 1 fully saturated rings. The summed E-state index contributed by atoms with van der Waals surface area (Å²) < 4.78 is 42.4. The molecule has 0 radical (unpaired) electrons. The molecule has 1 aliphatic rings. The lowest BCUT2D eigenvalue weighted by Crippen LogP contribution is -2.36. The minimum Gasteiger partial charge on any atom is -0.476 e. The van der Waals surface area contributed by atoms with Crippen LogP contribution in [0.15, 0.2) is 18.3 Å². The predicted molar refractivity (Wildman–Crippen MR) is 83.0 cm³/mol. The Labute approximate surface area is 138 Å². The molecule has 0 aromatic carbocycles. The van der Waals surface area contributed by atoms with E-state index in [0.29, 0.717) is 44.2 Å². The van der Waals surface area contributed by atoms with E-state index < -0.39 is 18.8 Å². The minimum absolute atomic E-state index is 0.0124. The average Bonchev–Trinajstić information content (AvgIpc) is 2.93. The molecule has 2 rings (SSSR count). The molecule has 0 unspecified atom stereocenters. The van der Waals surface area contributed by atoms with E-state index in [9.17, 15) is 18.0 Å². The zero-order valence-electron chi connectivity index (χ0n) is 13.4. The number of hydrogen-bond acceptors (Lipinski definition) is 4. The average molecular weight is 346 g/mol. The number of halogens is 3. The zero-order chi connectivity index (χ0) is 17.6. The van der Waals surface area contributed by atoms with Gasteiger partial charge >= 0.3 is 12.2 Å². The standard InChI is InChI=1S/C15H21F3N4O2/c1-2-24-13-12(4-3-6-19-13)21-14(23)20-8-11-5-7-22(9-11)10-15(16,17)18/h3-4,6,11H,2,5,7-10H2,1H3,(H2,20,21,23)/t11-/m0/s1. The molecular formula is C15H21F3N4O2. The van der Waals surface area contributed by atoms with Crippen molar-refractivity contribution in [2.45, 2.75) is 19.5 Å². The molecule has 1 aromatic rings. The van der Waals surface area contributed by atoms with E-state index in [0.717, 1.165) is 0 Å². The highest BCUT2D eigenvalue weighted by Crippen LogP contribution is 2.23. The van der Waals surface area contributed by atoms with E-state index in [1.807, 2.05) is 6.92 Å². The van der Waals surface area contributed by atoms with Gasteiger partial charge in [-0.25, -0.2) is 9.78 Å². The van der Waals surface area contributed by atoms with Crippen LogP contribution in [-0.2, 0) is 0 Å². The summed E-state index contributed by atoms with van der Waals surface area (Å²) in [6.45, 7) is 2.38. The topological polar surface area (TPSA) is 66.5 Å². The van der Waals surface area contributed by atoms with Crippen molar-refractivity contribution < 1.29 is 22.7 Å². The van der Waals surface area contributed by atoms with Gasteiger partial charge < -0.3 is 15.4 Å². The van der Waals surface area contributed by atoms with Crippen LogP contribution in [0.25, 0.3) is 0 Å². The van der Waals surface area contributed by atoms with Crippen molar-refractivity contribution >= 4 is 11.7 Å². The molecule has 1 aliphatic heterocycles. The van der Waals surface area contributed by atoms with Crippen molar-refractivity contribution in [2.24, 2.45) is 5.92 Å². The summed E-state index contributed by atoms with van der Waals surface area (Å²) in [6, 6.07) is 2.90. The highest BCUT2D eigenvalue weighted by molar-refractivity contribution is 5.90. The molecule has 134 valence electrons. The molecule has 2 amide bonds. The third-order valence-corrected chi connectivity index (χ3v) is 3.62. The number of ether oxygens (including phenoxy) is 1. The fraction of sp³-hybridized carbons (Fsp3) is 0.600. The van der Waals surface area contributed by atoms with Crippen LogP contribution in [0.5, 0.6) is 5.88 Å². The van der Waals surface area contributed by atoms with Gasteiger partial charge in [-0.15, -0.1) is 0 Å². The van der Waals surface area contributed by atoms with Gasteiger partial charge in [0.15, 0.2) is 0 Å². The molecule has 9 heteroatoms. The number of amides is 2. The van der Waals surface area contributed by atoms with Crippen LogP contribution in [0.1, 0.15) is 13.3 Å². The van der Waals surface area contributed by atoms with E-state index >= 15 is 0 Å². The molecule has 0 saturated carbocycles. The maximum atomic E-state index is 12.4. The van der Waals surface area contributed by atoms with Crippen molar-refractivity contribution in [2.75, 3.05) is 38.1 Å². The Hall–Kier alpha value is -2.03. The first-order chi connectivity index (χ1) is 11.4. The van der Waals surface area contributed by atoms with Crippen molar-refractivity contribution in [1.29, 1.82) is 0 Å². The third-order valence-electron chi connectivity index (χ3n) is 3.62. The van der Waals surface area contributed by atoms with Gasteiger partial charge in [-0.2, -0.15) is 13.2 Å².